The van der Waals surface area contributed by atoms with Gasteiger partial charge in [-0.05, 0) is 54.3 Å². The maximum atomic E-state index is 12.6. The Morgan fingerprint density at radius 2 is 1.93 bits per heavy atom. The van der Waals surface area contributed by atoms with Crippen LogP contribution in [0.4, 0.5) is 0 Å². The zero-order chi connectivity index (χ0) is 19.1. The molecule has 2 atom stereocenters. The topological polar surface area (TPSA) is 58.2 Å². The third-order valence-electron chi connectivity index (χ3n) is 5.32. The van der Waals surface area contributed by atoms with Crippen molar-refractivity contribution >= 4 is 23.2 Å². The lowest BCUT2D eigenvalue weighted by atomic mass is 9.96. The maximum Gasteiger partial charge on any atom is 0.261 e. The van der Waals surface area contributed by atoms with Crippen LogP contribution in [0.5, 0.6) is 0 Å². The molecule has 5 heteroatoms. The Morgan fingerprint density at radius 1 is 1.11 bits per heavy atom. The molecular weight excluding hydrogens is 356 g/mol. The van der Waals surface area contributed by atoms with Gasteiger partial charge >= 0.3 is 0 Å². The van der Waals surface area contributed by atoms with E-state index in [-0.39, 0.29) is 11.8 Å². The maximum absolute atomic E-state index is 12.6. The minimum absolute atomic E-state index is 0.0116. The number of nitrogens with one attached hydrogen (secondary N) is 2. The summed E-state index contributed by atoms with van der Waals surface area (Å²) in [5.41, 5.74) is 1.67. The molecule has 2 aromatic rings. The Bertz CT molecular complexity index is 740. The Kier molecular flexibility index (Phi) is 7.04. The molecule has 0 spiro atoms. The standard InChI is InChI=1S/C22H28N2O2S/c1-2-3-6-17-7-4-8-19(17)24-21(25)18-12-10-16(11-13-18)15-23-22(26)20-9-5-14-27-20/h5,9-14,17,19H,2-4,6-8,15H2,1H3,(H,23,26)(H,24,25). The van der Waals surface area contributed by atoms with Gasteiger partial charge < -0.3 is 10.6 Å². The van der Waals surface area contributed by atoms with Gasteiger partial charge in [-0.1, -0.05) is 44.4 Å². The van der Waals surface area contributed by atoms with Crippen molar-refractivity contribution in [3.05, 3.63) is 57.8 Å². The summed E-state index contributed by atoms with van der Waals surface area (Å²) in [6, 6.07) is 11.5. The SMILES string of the molecule is CCCCC1CCCC1NC(=O)c1ccc(CNC(=O)c2cccs2)cc1. The van der Waals surface area contributed by atoms with Crippen molar-refractivity contribution in [3.63, 3.8) is 0 Å². The Morgan fingerprint density at radius 3 is 2.63 bits per heavy atom. The quantitative estimate of drug-likeness (QED) is 0.689. The molecule has 27 heavy (non-hydrogen) atoms. The predicted octanol–water partition coefficient (Wildman–Crippen LogP) is 4.77. The number of benzene rings is 1. The van der Waals surface area contributed by atoms with Crippen LogP contribution in [0.1, 0.15) is 71.0 Å². The van der Waals surface area contributed by atoms with Crippen molar-refractivity contribution in [2.45, 2.75) is 58.0 Å². The van der Waals surface area contributed by atoms with E-state index in [4.69, 9.17) is 0 Å². The predicted molar refractivity (Wildman–Crippen MR) is 110 cm³/mol. The molecule has 3 rings (SSSR count). The van der Waals surface area contributed by atoms with Crippen molar-refractivity contribution in [2.75, 3.05) is 0 Å². The number of carbonyl (C=O) groups excluding carboxylic acids is 2. The van der Waals surface area contributed by atoms with Crippen LogP contribution < -0.4 is 10.6 Å². The van der Waals surface area contributed by atoms with Crippen LogP contribution in [-0.2, 0) is 6.54 Å². The molecule has 1 fully saturated rings. The smallest absolute Gasteiger partial charge is 0.261 e. The molecule has 144 valence electrons. The third kappa shape index (κ3) is 5.42. The average Bonchev–Trinajstić information content (AvgIpc) is 3.37. The van der Waals surface area contributed by atoms with Gasteiger partial charge in [-0.2, -0.15) is 0 Å². The minimum atomic E-state index is -0.0637. The van der Waals surface area contributed by atoms with E-state index in [9.17, 15) is 9.59 Å². The molecule has 1 aromatic carbocycles. The van der Waals surface area contributed by atoms with Crippen molar-refractivity contribution in [1.29, 1.82) is 0 Å². The van der Waals surface area contributed by atoms with Gasteiger partial charge in [-0.25, -0.2) is 0 Å². The summed E-state index contributed by atoms with van der Waals surface area (Å²) in [5, 5.41) is 8.03. The molecular formula is C22H28N2O2S. The molecule has 0 saturated heterocycles. The summed E-state index contributed by atoms with van der Waals surface area (Å²) in [6.07, 6.45) is 7.19. The van der Waals surface area contributed by atoms with E-state index in [1.165, 1.54) is 43.4 Å². The largest absolute Gasteiger partial charge is 0.349 e. The number of rotatable bonds is 8. The summed E-state index contributed by atoms with van der Waals surface area (Å²) in [5.74, 6) is 0.574. The zero-order valence-electron chi connectivity index (χ0n) is 15.9. The first-order valence-corrected chi connectivity index (χ1v) is 10.8. The molecule has 1 aliphatic carbocycles. The van der Waals surface area contributed by atoms with Crippen molar-refractivity contribution in [2.24, 2.45) is 5.92 Å². The van der Waals surface area contributed by atoms with Crippen LogP contribution in [0.2, 0.25) is 0 Å². The number of hydrogen-bond donors (Lipinski definition) is 2. The number of amides is 2. The fourth-order valence-corrected chi connectivity index (χ4v) is 4.38. The Balaban J connectivity index is 1.50. The highest BCUT2D eigenvalue weighted by molar-refractivity contribution is 7.12. The first-order chi connectivity index (χ1) is 13.2. The number of thiophene rings is 1. The van der Waals surface area contributed by atoms with Gasteiger partial charge in [-0.3, -0.25) is 9.59 Å². The van der Waals surface area contributed by atoms with E-state index in [0.29, 0.717) is 28.9 Å². The fraction of sp³-hybridized carbons (Fsp3) is 0.455. The van der Waals surface area contributed by atoms with Gasteiger partial charge in [0.05, 0.1) is 4.88 Å². The van der Waals surface area contributed by atoms with E-state index in [0.717, 1.165) is 12.0 Å². The second-order valence-electron chi connectivity index (χ2n) is 7.27. The second-order valence-corrected chi connectivity index (χ2v) is 8.22. The van der Waals surface area contributed by atoms with E-state index in [1.54, 1.807) is 0 Å². The third-order valence-corrected chi connectivity index (χ3v) is 6.19. The molecule has 1 heterocycles. The van der Waals surface area contributed by atoms with Crippen molar-refractivity contribution in [3.8, 4) is 0 Å². The molecule has 1 aromatic heterocycles. The van der Waals surface area contributed by atoms with E-state index in [1.807, 2.05) is 41.8 Å². The van der Waals surface area contributed by atoms with Crippen LogP contribution in [0.25, 0.3) is 0 Å². The van der Waals surface area contributed by atoms with Gasteiger partial charge in [0.15, 0.2) is 0 Å². The van der Waals surface area contributed by atoms with Crippen LogP contribution >= 0.6 is 11.3 Å². The molecule has 1 saturated carbocycles. The average molecular weight is 385 g/mol. The van der Waals surface area contributed by atoms with Crippen LogP contribution in [0.3, 0.4) is 0 Å². The molecule has 0 radical (unpaired) electrons. The molecule has 0 bridgehead atoms. The monoisotopic (exact) mass is 384 g/mol. The first-order valence-electron chi connectivity index (χ1n) is 9.89. The molecule has 4 nitrogen and oxygen atoms in total. The molecule has 2 N–H and O–H groups in total. The van der Waals surface area contributed by atoms with Crippen LogP contribution in [-0.4, -0.2) is 17.9 Å². The first kappa shape index (κ1) is 19.6. The molecule has 2 unspecified atom stereocenters. The number of carbonyl (C=O) groups is 2. The Hall–Kier alpha value is -2.14. The van der Waals surface area contributed by atoms with Gasteiger partial charge in [0.1, 0.15) is 0 Å². The van der Waals surface area contributed by atoms with Gasteiger partial charge in [0.25, 0.3) is 11.8 Å². The van der Waals surface area contributed by atoms with E-state index in [2.05, 4.69) is 17.6 Å². The highest BCUT2D eigenvalue weighted by Crippen LogP contribution is 2.30. The van der Waals surface area contributed by atoms with Crippen LogP contribution in [0.15, 0.2) is 41.8 Å². The highest BCUT2D eigenvalue weighted by atomic mass is 32.1. The van der Waals surface area contributed by atoms with Gasteiger partial charge in [-0.15, -0.1) is 11.3 Å². The second kappa shape index (κ2) is 9.70. The number of hydrogen-bond acceptors (Lipinski definition) is 3. The lowest BCUT2D eigenvalue weighted by molar-refractivity contribution is 0.0923. The highest BCUT2D eigenvalue weighted by Gasteiger charge is 2.28. The minimum Gasteiger partial charge on any atom is -0.349 e. The fourth-order valence-electron chi connectivity index (χ4n) is 3.74. The summed E-state index contributed by atoms with van der Waals surface area (Å²) in [4.78, 5) is 25.3. The van der Waals surface area contributed by atoms with Crippen molar-refractivity contribution in [1.82, 2.24) is 10.6 Å². The lowest BCUT2D eigenvalue weighted by Crippen LogP contribution is -2.37. The van der Waals surface area contributed by atoms with Gasteiger partial charge in [0.2, 0.25) is 0 Å². The van der Waals surface area contributed by atoms with Gasteiger partial charge in [0, 0.05) is 18.2 Å². The number of unbranched alkanes of at least 4 members (excludes halogenated alkanes) is 1. The molecule has 0 aliphatic heterocycles. The summed E-state index contributed by atoms with van der Waals surface area (Å²) in [6.45, 7) is 2.67. The summed E-state index contributed by atoms with van der Waals surface area (Å²) < 4.78 is 0. The van der Waals surface area contributed by atoms with Crippen molar-refractivity contribution < 1.29 is 9.59 Å². The lowest BCUT2D eigenvalue weighted by Gasteiger charge is -2.21. The summed E-state index contributed by atoms with van der Waals surface area (Å²) in [7, 11) is 0. The van der Waals surface area contributed by atoms with E-state index >= 15 is 0 Å². The zero-order valence-corrected chi connectivity index (χ0v) is 16.7. The normalized spacial score (nSPS) is 19.0. The van der Waals surface area contributed by atoms with Crippen LogP contribution in [0, 0.1) is 5.92 Å². The Labute approximate surface area is 165 Å². The summed E-state index contributed by atoms with van der Waals surface area (Å²) >= 11 is 1.43. The molecule has 1 aliphatic rings. The molecule has 2 amide bonds. The van der Waals surface area contributed by atoms with E-state index < -0.39 is 0 Å².